The second-order valence-electron chi connectivity index (χ2n) is 4.32. The largest absolute Gasteiger partial charge is 0.307 e. The maximum Gasteiger partial charge on any atom is 0.259 e. The van der Waals surface area contributed by atoms with E-state index in [2.05, 4.69) is 15.9 Å². The highest BCUT2D eigenvalue weighted by atomic mass is 79.9. The number of carbonyl (C=O) groups is 1. The maximum absolute atomic E-state index is 13.1. The normalized spacial score (nSPS) is 9.95. The van der Waals surface area contributed by atoms with E-state index in [0.717, 1.165) is 0 Å². The number of hydrogen-bond acceptors (Lipinski definition) is 2. The predicted molar refractivity (Wildman–Crippen MR) is 82.4 cm³/mol. The Morgan fingerprint density at radius 2 is 1.95 bits per heavy atom. The molecule has 1 amide bonds. The molecule has 21 heavy (non-hydrogen) atoms. The Kier molecular flexibility index (Phi) is 5.07. The molecule has 3 nitrogen and oxygen atoms in total. The highest BCUT2D eigenvalue weighted by Crippen LogP contribution is 2.23. The van der Waals surface area contributed by atoms with Crippen LogP contribution in [-0.4, -0.2) is 12.5 Å². The van der Waals surface area contributed by atoms with Crippen LogP contribution in [0.3, 0.4) is 0 Å². The molecule has 2 aromatic rings. The van der Waals surface area contributed by atoms with Crippen LogP contribution in [0.1, 0.15) is 16.8 Å². The summed E-state index contributed by atoms with van der Waals surface area (Å²) in [6.45, 7) is 0.281. The van der Waals surface area contributed by atoms with Crippen molar-refractivity contribution in [1.82, 2.24) is 0 Å². The van der Waals surface area contributed by atoms with Crippen molar-refractivity contribution in [2.45, 2.75) is 6.42 Å². The fraction of sp³-hybridized carbons (Fsp3) is 0.125. The lowest BCUT2D eigenvalue weighted by molar-refractivity contribution is 0.0986. The Bertz CT molecular complexity index is 682. The first kappa shape index (κ1) is 15.2. The van der Waals surface area contributed by atoms with Crippen molar-refractivity contribution in [3.05, 3.63) is 64.4 Å². The van der Waals surface area contributed by atoms with Crippen LogP contribution in [0, 0.1) is 17.1 Å². The van der Waals surface area contributed by atoms with Crippen LogP contribution in [0.15, 0.2) is 53.0 Å². The first-order chi connectivity index (χ1) is 10.1. The van der Waals surface area contributed by atoms with Crippen molar-refractivity contribution in [2.24, 2.45) is 0 Å². The van der Waals surface area contributed by atoms with Crippen molar-refractivity contribution in [3.63, 3.8) is 0 Å². The van der Waals surface area contributed by atoms with E-state index < -0.39 is 5.82 Å². The van der Waals surface area contributed by atoms with Gasteiger partial charge in [0.2, 0.25) is 0 Å². The van der Waals surface area contributed by atoms with E-state index in [-0.39, 0.29) is 18.9 Å². The summed E-state index contributed by atoms with van der Waals surface area (Å²) < 4.78 is 13.5. The summed E-state index contributed by atoms with van der Waals surface area (Å²) in [5, 5.41) is 8.76. The molecule has 2 rings (SSSR count). The number of carbonyl (C=O) groups excluding carboxylic acids is 1. The van der Waals surface area contributed by atoms with E-state index in [1.165, 1.54) is 23.1 Å². The standard InChI is InChI=1S/C16H12BrFN2O/c17-15-11-12(18)7-8-14(15)16(21)20(10-4-9-19)13-5-2-1-3-6-13/h1-3,5-8,11H,4,10H2. The Hall–Kier alpha value is -2.19. The molecule has 0 unspecified atom stereocenters. The van der Waals surface area contributed by atoms with Crippen LogP contribution in [0.5, 0.6) is 0 Å². The summed E-state index contributed by atoms with van der Waals surface area (Å²) in [6, 6.07) is 15.0. The van der Waals surface area contributed by atoms with Crippen molar-refractivity contribution < 1.29 is 9.18 Å². The summed E-state index contributed by atoms with van der Waals surface area (Å²) in [6.07, 6.45) is 0.222. The molecule has 0 bridgehead atoms. The molecule has 0 aliphatic rings. The summed E-state index contributed by atoms with van der Waals surface area (Å²) in [7, 11) is 0. The highest BCUT2D eigenvalue weighted by Gasteiger charge is 2.19. The molecule has 0 atom stereocenters. The number of benzene rings is 2. The van der Waals surface area contributed by atoms with Crippen LogP contribution in [0.2, 0.25) is 0 Å². The van der Waals surface area contributed by atoms with Crippen molar-refractivity contribution >= 4 is 27.5 Å². The van der Waals surface area contributed by atoms with Crippen LogP contribution < -0.4 is 4.90 Å². The third-order valence-corrected chi connectivity index (χ3v) is 3.58. The second-order valence-corrected chi connectivity index (χ2v) is 5.18. The zero-order valence-corrected chi connectivity index (χ0v) is 12.7. The van der Waals surface area contributed by atoms with Gasteiger partial charge in [0.25, 0.3) is 5.91 Å². The van der Waals surface area contributed by atoms with Gasteiger partial charge >= 0.3 is 0 Å². The van der Waals surface area contributed by atoms with Crippen molar-refractivity contribution in [3.8, 4) is 6.07 Å². The Morgan fingerprint density at radius 1 is 1.24 bits per heavy atom. The van der Waals surface area contributed by atoms with Crippen molar-refractivity contribution in [1.29, 1.82) is 5.26 Å². The molecule has 0 radical (unpaired) electrons. The number of anilines is 1. The average molecular weight is 347 g/mol. The average Bonchev–Trinajstić information content (AvgIpc) is 2.48. The molecule has 0 saturated carbocycles. The van der Waals surface area contributed by atoms with Gasteiger partial charge < -0.3 is 4.90 Å². The summed E-state index contributed by atoms with van der Waals surface area (Å²) in [5.74, 6) is -0.690. The lowest BCUT2D eigenvalue weighted by atomic mass is 10.1. The molecular weight excluding hydrogens is 335 g/mol. The first-order valence-electron chi connectivity index (χ1n) is 6.32. The molecule has 0 N–H and O–H groups in total. The third kappa shape index (κ3) is 3.67. The topological polar surface area (TPSA) is 44.1 Å². The van der Waals surface area contributed by atoms with Gasteiger partial charge in [0.05, 0.1) is 18.1 Å². The quantitative estimate of drug-likeness (QED) is 0.834. The molecule has 0 spiro atoms. The highest BCUT2D eigenvalue weighted by molar-refractivity contribution is 9.10. The Balaban J connectivity index is 2.37. The minimum Gasteiger partial charge on any atom is -0.307 e. The summed E-state index contributed by atoms with van der Waals surface area (Å²) in [5.41, 5.74) is 1.06. The van der Waals surface area contributed by atoms with Gasteiger partial charge in [0.15, 0.2) is 0 Å². The van der Waals surface area contributed by atoms with Gasteiger partial charge in [-0.2, -0.15) is 5.26 Å². The van der Waals surface area contributed by atoms with Gasteiger partial charge in [-0.15, -0.1) is 0 Å². The number of nitriles is 1. The predicted octanol–water partition coefficient (Wildman–Crippen LogP) is 4.15. The van der Waals surface area contributed by atoms with Gasteiger partial charge in [0.1, 0.15) is 5.82 Å². The molecule has 0 aliphatic carbocycles. The SMILES string of the molecule is N#CCCN(C(=O)c1ccc(F)cc1Br)c1ccccc1. The smallest absolute Gasteiger partial charge is 0.259 e. The summed E-state index contributed by atoms with van der Waals surface area (Å²) in [4.78, 5) is 14.2. The zero-order valence-electron chi connectivity index (χ0n) is 11.1. The molecule has 106 valence electrons. The lowest BCUT2D eigenvalue weighted by Crippen LogP contribution is -2.32. The lowest BCUT2D eigenvalue weighted by Gasteiger charge is -2.22. The van der Waals surface area contributed by atoms with Crippen LogP contribution >= 0.6 is 15.9 Å². The number of rotatable bonds is 4. The van der Waals surface area contributed by atoms with Crippen LogP contribution in [-0.2, 0) is 0 Å². The minimum atomic E-state index is -0.415. The second kappa shape index (κ2) is 7.00. The maximum atomic E-state index is 13.1. The number of para-hydroxylation sites is 1. The molecule has 5 heteroatoms. The molecular formula is C16H12BrFN2O. The van der Waals surface area contributed by atoms with Crippen LogP contribution in [0.25, 0.3) is 0 Å². The van der Waals surface area contributed by atoms with Gasteiger partial charge in [0, 0.05) is 16.7 Å². The Morgan fingerprint density at radius 3 is 2.57 bits per heavy atom. The van der Waals surface area contributed by atoms with Gasteiger partial charge in [-0.05, 0) is 46.3 Å². The van der Waals surface area contributed by atoms with E-state index in [0.29, 0.717) is 15.7 Å². The minimum absolute atomic E-state index is 0.222. The monoisotopic (exact) mass is 346 g/mol. The van der Waals surface area contributed by atoms with E-state index in [4.69, 9.17) is 5.26 Å². The van der Waals surface area contributed by atoms with Gasteiger partial charge in [-0.25, -0.2) is 4.39 Å². The fourth-order valence-electron chi connectivity index (χ4n) is 1.93. The molecule has 2 aromatic carbocycles. The van der Waals surface area contributed by atoms with E-state index in [1.807, 2.05) is 24.3 Å². The molecule has 0 heterocycles. The number of hydrogen-bond donors (Lipinski definition) is 0. The third-order valence-electron chi connectivity index (χ3n) is 2.92. The van der Waals surface area contributed by atoms with E-state index in [1.54, 1.807) is 12.1 Å². The Labute approximate surface area is 130 Å². The van der Waals surface area contributed by atoms with E-state index >= 15 is 0 Å². The van der Waals surface area contributed by atoms with Gasteiger partial charge in [-0.1, -0.05) is 18.2 Å². The first-order valence-corrected chi connectivity index (χ1v) is 7.11. The summed E-state index contributed by atoms with van der Waals surface area (Å²) >= 11 is 3.20. The van der Waals surface area contributed by atoms with Crippen LogP contribution in [0.4, 0.5) is 10.1 Å². The molecule has 0 aliphatic heterocycles. The zero-order chi connectivity index (χ0) is 15.2. The van der Waals surface area contributed by atoms with Gasteiger partial charge in [-0.3, -0.25) is 4.79 Å². The fourth-order valence-corrected chi connectivity index (χ4v) is 2.45. The number of amides is 1. The number of halogens is 2. The molecule has 0 fully saturated rings. The molecule has 0 aromatic heterocycles. The van der Waals surface area contributed by atoms with E-state index in [9.17, 15) is 9.18 Å². The van der Waals surface area contributed by atoms with Crippen molar-refractivity contribution in [2.75, 3.05) is 11.4 Å². The molecule has 0 saturated heterocycles. The number of nitrogens with zero attached hydrogens (tertiary/aromatic N) is 2.